The van der Waals surface area contributed by atoms with E-state index in [1.807, 2.05) is 0 Å². The molecule has 1 heterocycles. The highest BCUT2D eigenvalue weighted by Gasteiger charge is 2.16. The Labute approximate surface area is 107 Å². The molecule has 2 rings (SSSR count). The van der Waals surface area contributed by atoms with Crippen LogP contribution in [0.25, 0.3) is 0 Å². The Bertz CT molecular complexity index is 625. The van der Waals surface area contributed by atoms with E-state index in [0.29, 0.717) is 5.56 Å². The summed E-state index contributed by atoms with van der Waals surface area (Å²) in [5.74, 6) is -2.40. The van der Waals surface area contributed by atoms with Crippen molar-refractivity contribution < 1.29 is 18.3 Å². The summed E-state index contributed by atoms with van der Waals surface area (Å²) in [5, 5.41) is 0. The lowest BCUT2D eigenvalue weighted by molar-refractivity contribution is 0.0596. The number of hydrogen-bond acceptors (Lipinski definition) is 4. The van der Waals surface area contributed by atoms with Gasteiger partial charge < -0.3 is 15.0 Å². The molecule has 2 aromatic rings. The smallest absolute Gasteiger partial charge is 0.360 e. The molecule has 1 aromatic carbocycles. The molecule has 0 amide bonds. The summed E-state index contributed by atoms with van der Waals surface area (Å²) < 4.78 is 31.8. The highest BCUT2D eigenvalue weighted by Crippen LogP contribution is 2.15. The van der Waals surface area contributed by atoms with Crippen LogP contribution in [0.2, 0.25) is 0 Å². The molecule has 0 spiro atoms. The van der Waals surface area contributed by atoms with Crippen molar-refractivity contribution in [1.29, 1.82) is 0 Å². The van der Waals surface area contributed by atoms with Crippen LogP contribution >= 0.6 is 0 Å². The molecule has 0 aliphatic heterocycles. The average molecular weight is 267 g/mol. The zero-order chi connectivity index (χ0) is 14.0. The van der Waals surface area contributed by atoms with Gasteiger partial charge in [0.25, 0.3) is 0 Å². The van der Waals surface area contributed by atoms with Crippen LogP contribution in [0.1, 0.15) is 16.1 Å². The maximum absolute atomic E-state index is 13.1. The Balaban J connectivity index is 2.26. The highest BCUT2D eigenvalue weighted by molar-refractivity contribution is 5.92. The maximum Gasteiger partial charge on any atom is 0.360 e. The van der Waals surface area contributed by atoms with Gasteiger partial charge in [-0.3, -0.25) is 0 Å². The highest BCUT2D eigenvalue weighted by atomic mass is 19.2. The van der Waals surface area contributed by atoms with Crippen molar-refractivity contribution in [1.82, 2.24) is 9.55 Å². The van der Waals surface area contributed by atoms with Crippen molar-refractivity contribution in [2.45, 2.75) is 6.54 Å². The Hall–Kier alpha value is -2.44. The third-order valence-electron chi connectivity index (χ3n) is 2.59. The van der Waals surface area contributed by atoms with Gasteiger partial charge in [0.1, 0.15) is 5.82 Å². The number of benzene rings is 1. The van der Waals surface area contributed by atoms with Crippen LogP contribution < -0.4 is 5.73 Å². The van der Waals surface area contributed by atoms with Gasteiger partial charge in [0.2, 0.25) is 0 Å². The first-order chi connectivity index (χ1) is 9.02. The van der Waals surface area contributed by atoms with Crippen molar-refractivity contribution in [2.24, 2.45) is 0 Å². The number of carbonyl (C=O) groups excluding carboxylic acids is 1. The van der Waals surface area contributed by atoms with Crippen LogP contribution in [0.3, 0.4) is 0 Å². The zero-order valence-electron chi connectivity index (χ0n) is 10.1. The van der Waals surface area contributed by atoms with Crippen LogP contribution in [0, 0.1) is 11.6 Å². The molecule has 5 nitrogen and oxygen atoms in total. The Morgan fingerprint density at radius 2 is 2.16 bits per heavy atom. The molecule has 0 aliphatic rings. The van der Waals surface area contributed by atoms with Gasteiger partial charge in [0, 0.05) is 0 Å². The number of esters is 1. The molecule has 19 heavy (non-hydrogen) atoms. The van der Waals surface area contributed by atoms with Crippen molar-refractivity contribution in [3.05, 3.63) is 47.4 Å². The Morgan fingerprint density at radius 1 is 1.42 bits per heavy atom. The second kappa shape index (κ2) is 5.05. The Morgan fingerprint density at radius 3 is 2.79 bits per heavy atom. The molecule has 100 valence electrons. The zero-order valence-corrected chi connectivity index (χ0v) is 10.1. The Kier molecular flexibility index (Phi) is 3.46. The number of nitrogens with zero attached hydrogens (tertiary/aromatic N) is 2. The largest absolute Gasteiger partial charge is 0.464 e. The fourth-order valence-electron chi connectivity index (χ4n) is 1.61. The van der Waals surface area contributed by atoms with Crippen molar-refractivity contribution in [3.63, 3.8) is 0 Å². The summed E-state index contributed by atoms with van der Waals surface area (Å²) in [6.45, 7) is 0.174. The van der Waals surface area contributed by atoms with E-state index in [1.165, 1.54) is 24.1 Å². The minimum absolute atomic E-state index is 0.00918. The molecular formula is C12H11F2N3O2. The molecule has 1 aromatic heterocycles. The quantitative estimate of drug-likeness (QED) is 0.857. The van der Waals surface area contributed by atoms with Crippen LogP contribution in [-0.2, 0) is 11.3 Å². The lowest BCUT2D eigenvalue weighted by Gasteiger charge is -2.06. The number of nitrogen functional groups attached to an aromatic ring is 1. The van der Waals surface area contributed by atoms with E-state index in [-0.39, 0.29) is 18.1 Å². The molecule has 7 heteroatoms. The van der Waals surface area contributed by atoms with Crippen molar-refractivity contribution >= 4 is 11.8 Å². The summed E-state index contributed by atoms with van der Waals surface area (Å²) in [6.07, 6.45) is 1.34. The number of anilines is 1. The van der Waals surface area contributed by atoms with Gasteiger partial charge in [0.05, 0.1) is 20.0 Å². The number of halogens is 2. The molecule has 0 saturated carbocycles. The van der Waals surface area contributed by atoms with E-state index in [9.17, 15) is 13.6 Å². The van der Waals surface area contributed by atoms with E-state index in [2.05, 4.69) is 9.72 Å². The topological polar surface area (TPSA) is 70.1 Å². The predicted molar refractivity (Wildman–Crippen MR) is 63.4 cm³/mol. The van der Waals surface area contributed by atoms with E-state index in [4.69, 9.17) is 5.73 Å². The lowest BCUT2D eigenvalue weighted by atomic mass is 10.2. The minimum atomic E-state index is -0.940. The molecule has 0 unspecified atom stereocenters. The fourth-order valence-corrected chi connectivity index (χ4v) is 1.61. The monoisotopic (exact) mass is 267 g/mol. The van der Waals surface area contributed by atoms with Crippen LogP contribution in [-0.4, -0.2) is 22.6 Å². The lowest BCUT2D eigenvalue weighted by Crippen LogP contribution is -2.09. The van der Waals surface area contributed by atoms with Crippen molar-refractivity contribution in [2.75, 3.05) is 12.8 Å². The number of carbonyl (C=O) groups is 1. The van der Waals surface area contributed by atoms with E-state index in [1.54, 1.807) is 0 Å². The summed E-state index contributed by atoms with van der Waals surface area (Å²) in [4.78, 5) is 15.1. The third kappa shape index (κ3) is 2.54. The van der Waals surface area contributed by atoms with Gasteiger partial charge in [-0.1, -0.05) is 6.07 Å². The second-order valence-corrected chi connectivity index (χ2v) is 3.85. The molecule has 0 atom stereocenters. The molecule has 0 saturated heterocycles. The van der Waals surface area contributed by atoms with Crippen molar-refractivity contribution in [3.8, 4) is 0 Å². The average Bonchev–Trinajstić information content (AvgIpc) is 2.75. The first-order valence-corrected chi connectivity index (χ1v) is 5.35. The SMILES string of the molecule is COC(=O)c1ncn(Cc2ccc(F)c(F)c2)c1N. The standard InChI is InChI=1S/C12H11F2N3O2/c1-19-12(18)10-11(15)17(6-16-10)5-7-2-3-8(13)9(14)4-7/h2-4,6H,5,15H2,1H3. The number of rotatable bonds is 3. The summed E-state index contributed by atoms with van der Waals surface area (Å²) in [6, 6.07) is 3.52. The summed E-state index contributed by atoms with van der Waals surface area (Å²) in [7, 11) is 1.22. The molecule has 0 fully saturated rings. The van der Waals surface area contributed by atoms with Crippen LogP contribution in [0.15, 0.2) is 24.5 Å². The van der Waals surface area contributed by atoms with Gasteiger partial charge in [0.15, 0.2) is 17.3 Å². The summed E-state index contributed by atoms with van der Waals surface area (Å²) in [5.41, 5.74) is 6.22. The number of nitrogens with two attached hydrogens (primary N) is 1. The summed E-state index contributed by atoms with van der Waals surface area (Å²) >= 11 is 0. The van der Waals surface area contributed by atoms with Gasteiger partial charge in [-0.05, 0) is 17.7 Å². The maximum atomic E-state index is 13.1. The first kappa shape index (κ1) is 13.0. The van der Waals surface area contributed by atoms with Gasteiger partial charge >= 0.3 is 5.97 Å². The third-order valence-corrected chi connectivity index (χ3v) is 2.59. The second-order valence-electron chi connectivity index (χ2n) is 3.85. The van der Waals surface area contributed by atoms with E-state index in [0.717, 1.165) is 12.1 Å². The van der Waals surface area contributed by atoms with Gasteiger partial charge in [-0.2, -0.15) is 0 Å². The molecule has 0 bridgehead atoms. The number of hydrogen-bond donors (Lipinski definition) is 1. The number of aromatic nitrogens is 2. The fraction of sp³-hybridized carbons (Fsp3) is 0.167. The molecule has 0 aliphatic carbocycles. The predicted octanol–water partition coefficient (Wildman–Crippen LogP) is 1.58. The molecule has 2 N–H and O–H groups in total. The van der Waals surface area contributed by atoms with E-state index < -0.39 is 17.6 Å². The number of ether oxygens (including phenoxy) is 1. The van der Waals surface area contributed by atoms with Gasteiger partial charge in [-0.25, -0.2) is 18.6 Å². The molecular weight excluding hydrogens is 256 g/mol. The minimum Gasteiger partial charge on any atom is -0.464 e. The molecule has 0 radical (unpaired) electrons. The van der Waals surface area contributed by atoms with Crippen LogP contribution in [0.5, 0.6) is 0 Å². The first-order valence-electron chi connectivity index (χ1n) is 5.35. The number of methoxy groups -OCH3 is 1. The van der Waals surface area contributed by atoms with Gasteiger partial charge in [-0.15, -0.1) is 0 Å². The normalized spacial score (nSPS) is 10.5. The van der Waals surface area contributed by atoms with Crippen LogP contribution in [0.4, 0.5) is 14.6 Å². The van der Waals surface area contributed by atoms with E-state index >= 15 is 0 Å². The number of imidazole rings is 1.